The molecule has 0 spiro atoms. The Bertz CT molecular complexity index is 612. The van der Waals surface area contributed by atoms with Gasteiger partial charge in [0.05, 0.1) is 5.69 Å². The third-order valence-corrected chi connectivity index (χ3v) is 3.45. The fourth-order valence-corrected chi connectivity index (χ4v) is 2.31. The van der Waals surface area contributed by atoms with Gasteiger partial charge in [-0.1, -0.05) is 13.8 Å². The van der Waals surface area contributed by atoms with Crippen LogP contribution in [0, 0.1) is 25.7 Å². The van der Waals surface area contributed by atoms with Gasteiger partial charge in [0.25, 0.3) is 0 Å². The van der Waals surface area contributed by atoms with Crippen LogP contribution in [0.3, 0.4) is 0 Å². The molecule has 2 heterocycles. The van der Waals surface area contributed by atoms with E-state index in [9.17, 15) is 4.39 Å². The standard InChI is InChI=1S/C15H24FN5/c1-6-20-15(16)13(12(5)18-20)8-17-14-7-11(4)21(19-14)9-10(2)3/h7,10H,6,8-9H2,1-5H3,(H,17,19). The van der Waals surface area contributed by atoms with Crippen LogP contribution < -0.4 is 5.32 Å². The van der Waals surface area contributed by atoms with E-state index in [1.165, 1.54) is 4.68 Å². The van der Waals surface area contributed by atoms with E-state index >= 15 is 0 Å². The van der Waals surface area contributed by atoms with Crippen molar-refractivity contribution in [1.29, 1.82) is 0 Å². The smallest absolute Gasteiger partial charge is 0.216 e. The third-order valence-electron chi connectivity index (χ3n) is 3.45. The summed E-state index contributed by atoms with van der Waals surface area (Å²) in [7, 11) is 0. The first-order chi connectivity index (χ1) is 9.92. The van der Waals surface area contributed by atoms with Crippen LogP contribution in [0.25, 0.3) is 0 Å². The molecule has 1 N–H and O–H groups in total. The molecule has 0 aliphatic rings. The maximum atomic E-state index is 14.1. The highest BCUT2D eigenvalue weighted by Gasteiger charge is 2.14. The molecule has 2 aromatic heterocycles. The molecule has 0 amide bonds. The van der Waals surface area contributed by atoms with Crippen LogP contribution in [0.4, 0.5) is 10.2 Å². The van der Waals surface area contributed by atoms with Gasteiger partial charge in [0.15, 0.2) is 0 Å². The molecule has 0 atom stereocenters. The van der Waals surface area contributed by atoms with Crippen LogP contribution in [-0.2, 0) is 19.6 Å². The number of halogens is 1. The molecule has 0 aliphatic heterocycles. The lowest BCUT2D eigenvalue weighted by molar-refractivity contribution is 0.464. The van der Waals surface area contributed by atoms with Gasteiger partial charge in [0.2, 0.25) is 5.95 Å². The summed E-state index contributed by atoms with van der Waals surface area (Å²) in [4.78, 5) is 0. The molecule has 0 saturated heterocycles. The first kappa shape index (κ1) is 15.5. The zero-order valence-electron chi connectivity index (χ0n) is 13.4. The largest absolute Gasteiger partial charge is 0.364 e. The molecule has 2 rings (SSSR count). The predicted molar refractivity (Wildman–Crippen MR) is 81.7 cm³/mol. The second-order valence-corrected chi connectivity index (χ2v) is 5.77. The van der Waals surface area contributed by atoms with E-state index in [-0.39, 0.29) is 5.95 Å². The van der Waals surface area contributed by atoms with Gasteiger partial charge in [-0.05, 0) is 26.7 Å². The highest BCUT2D eigenvalue weighted by atomic mass is 19.1. The molecule has 0 unspecified atom stereocenters. The van der Waals surface area contributed by atoms with Crippen LogP contribution in [0.2, 0.25) is 0 Å². The zero-order chi connectivity index (χ0) is 15.6. The monoisotopic (exact) mass is 293 g/mol. The van der Waals surface area contributed by atoms with E-state index < -0.39 is 0 Å². The van der Waals surface area contributed by atoms with Crippen molar-refractivity contribution in [3.63, 3.8) is 0 Å². The number of anilines is 1. The van der Waals surface area contributed by atoms with E-state index in [0.717, 1.165) is 23.8 Å². The van der Waals surface area contributed by atoms with E-state index in [1.807, 2.05) is 31.5 Å². The first-order valence-electron chi connectivity index (χ1n) is 7.42. The number of hydrogen-bond acceptors (Lipinski definition) is 3. The van der Waals surface area contributed by atoms with Gasteiger partial charge in [0.1, 0.15) is 5.82 Å². The molecular formula is C15H24FN5. The maximum absolute atomic E-state index is 14.1. The Morgan fingerprint density at radius 3 is 2.52 bits per heavy atom. The fourth-order valence-electron chi connectivity index (χ4n) is 2.31. The van der Waals surface area contributed by atoms with Crippen molar-refractivity contribution in [3.05, 3.63) is 29.0 Å². The number of hydrogen-bond donors (Lipinski definition) is 1. The van der Waals surface area contributed by atoms with Crippen molar-refractivity contribution < 1.29 is 4.39 Å². The van der Waals surface area contributed by atoms with Crippen molar-refractivity contribution in [3.8, 4) is 0 Å². The fraction of sp³-hybridized carbons (Fsp3) is 0.600. The highest BCUT2D eigenvalue weighted by molar-refractivity contribution is 5.37. The average molecular weight is 293 g/mol. The Labute approximate surface area is 125 Å². The zero-order valence-corrected chi connectivity index (χ0v) is 13.4. The summed E-state index contributed by atoms with van der Waals surface area (Å²) in [5.74, 6) is 1.05. The molecule has 0 aliphatic carbocycles. The minimum atomic E-state index is -0.263. The van der Waals surface area contributed by atoms with E-state index in [1.54, 1.807) is 0 Å². The second-order valence-electron chi connectivity index (χ2n) is 5.77. The Hall–Kier alpha value is -1.85. The average Bonchev–Trinajstić information content (AvgIpc) is 2.88. The second kappa shape index (κ2) is 6.28. The molecular weight excluding hydrogens is 269 g/mol. The van der Waals surface area contributed by atoms with Crippen LogP contribution in [-0.4, -0.2) is 19.6 Å². The molecule has 0 saturated carbocycles. The Kier molecular flexibility index (Phi) is 4.65. The minimum absolute atomic E-state index is 0.263. The predicted octanol–water partition coefficient (Wildman–Crippen LogP) is 3.12. The minimum Gasteiger partial charge on any atom is -0.364 e. The van der Waals surface area contributed by atoms with Crippen molar-refractivity contribution in [2.45, 2.75) is 54.3 Å². The Morgan fingerprint density at radius 2 is 1.95 bits per heavy atom. The van der Waals surface area contributed by atoms with Gasteiger partial charge in [-0.25, -0.2) is 4.68 Å². The lowest BCUT2D eigenvalue weighted by Gasteiger charge is -2.06. The Morgan fingerprint density at radius 1 is 1.24 bits per heavy atom. The molecule has 5 nitrogen and oxygen atoms in total. The SMILES string of the molecule is CCn1nc(C)c(CNc2cc(C)n(CC(C)C)n2)c1F. The maximum Gasteiger partial charge on any atom is 0.216 e. The van der Waals surface area contributed by atoms with Crippen LogP contribution in [0.15, 0.2) is 6.07 Å². The quantitative estimate of drug-likeness (QED) is 0.890. The van der Waals surface area contributed by atoms with Crippen LogP contribution in [0.5, 0.6) is 0 Å². The van der Waals surface area contributed by atoms with Crippen molar-refractivity contribution in [2.24, 2.45) is 5.92 Å². The van der Waals surface area contributed by atoms with Gasteiger partial charge in [-0.15, -0.1) is 0 Å². The summed E-state index contributed by atoms with van der Waals surface area (Å²) in [6, 6.07) is 1.99. The topological polar surface area (TPSA) is 47.7 Å². The van der Waals surface area contributed by atoms with Gasteiger partial charge < -0.3 is 5.32 Å². The summed E-state index contributed by atoms with van der Waals surface area (Å²) < 4.78 is 17.4. The lowest BCUT2D eigenvalue weighted by atomic mass is 10.2. The van der Waals surface area contributed by atoms with Crippen LogP contribution >= 0.6 is 0 Å². The van der Waals surface area contributed by atoms with Gasteiger partial charge in [-0.3, -0.25) is 4.68 Å². The van der Waals surface area contributed by atoms with Crippen molar-refractivity contribution in [1.82, 2.24) is 19.6 Å². The van der Waals surface area contributed by atoms with E-state index in [4.69, 9.17) is 0 Å². The normalized spacial score (nSPS) is 11.4. The third kappa shape index (κ3) is 3.43. The summed E-state index contributed by atoms with van der Waals surface area (Å²) >= 11 is 0. The lowest BCUT2D eigenvalue weighted by Crippen LogP contribution is -2.09. The molecule has 0 fully saturated rings. The van der Waals surface area contributed by atoms with Crippen molar-refractivity contribution >= 4 is 5.82 Å². The van der Waals surface area contributed by atoms with E-state index in [2.05, 4.69) is 29.4 Å². The van der Waals surface area contributed by atoms with Gasteiger partial charge in [0, 0.05) is 37.0 Å². The number of nitrogens with zero attached hydrogens (tertiary/aromatic N) is 4. The number of rotatable bonds is 6. The summed E-state index contributed by atoms with van der Waals surface area (Å²) in [5, 5.41) is 11.9. The number of nitrogens with one attached hydrogen (secondary N) is 1. The molecule has 0 bridgehead atoms. The van der Waals surface area contributed by atoms with Crippen molar-refractivity contribution in [2.75, 3.05) is 5.32 Å². The molecule has 0 radical (unpaired) electrons. The first-order valence-corrected chi connectivity index (χ1v) is 7.42. The highest BCUT2D eigenvalue weighted by Crippen LogP contribution is 2.16. The molecule has 21 heavy (non-hydrogen) atoms. The van der Waals surface area contributed by atoms with Gasteiger partial charge >= 0.3 is 0 Å². The van der Waals surface area contributed by atoms with Gasteiger partial charge in [-0.2, -0.15) is 14.6 Å². The number of aryl methyl sites for hydroxylation is 3. The molecule has 6 heteroatoms. The molecule has 116 valence electrons. The van der Waals surface area contributed by atoms with E-state index in [0.29, 0.717) is 24.6 Å². The number of aromatic nitrogens is 4. The summed E-state index contributed by atoms with van der Waals surface area (Å²) in [5.41, 5.74) is 2.43. The summed E-state index contributed by atoms with van der Waals surface area (Å²) in [6.07, 6.45) is 0. The molecule has 2 aromatic rings. The molecule has 0 aromatic carbocycles. The Balaban J connectivity index is 2.08. The summed E-state index contributed by atoms with van der Waals surface area (Å²) in [6.45, 7) is 11.9. The van der Waals surface area contributed by atoms with Crippen LogP contribution in [0.1, 0.15) is 37.7 Å².